The maximum absolute atomic E-state index is 13.0. The molecule has 4 rings (SSSR count). The summed E-state index contributed by atoms with van der Waals surface area (Å²) in [7, 11) is 0. The SMILES string of the molecule is CCOc1cc(C(=O)Nc2nnc(CCN3CCN(c4ccc(C)cc4)CC3)s2)cc(OCC)c1OCC. The van der Waals surface area contributed by atoms with Crippen LogP contribution in [-0.4, -0.2) is 73.5 Å². The molecule has 0 spiro atoms. The first-order valence-corrected chi connectivity index (χ1v) is 14.1. The van der Waals surface area contributed by atoms with Crippen LogP contribution in [0.2, 0.25) is 0 Å². The Morgan fingerprint density at radius 1 is 0.921 bits per heavy atom. The van der Waals surface area contributed by atoms with E-state index in [1.165, 1.54) is 22.6 Å². The second-order valence-electron chi connectivity index (χ2n) is 8.97. The van der Waals surface area contributed by atoms with Gasteiger partial charge in [0.2, 0.25) is 10.9 Å². The topological polar surface area (TPSA) is 89.0 Å². The molecule has 9 nitrogen and oxygen atoms in total. The van der Waals surface area contributed by atoms with Gasteiger partial charge in [-0.15, -0.1) is 10.2 Å². The molecule has 204 valence electrons. The third kappa shape index (κ3) is 7.14. The van der Waals surface area contributed by atoms with Gasteiger partial charge in [-0.25, -0.2) is 0 Å². The van der Waals surface area contributed by atoms with Gasteiger partial charge in [-0.3, -0.25) is 15.0 Å². The Morgan fingerprint density at radius 2 is 1.55 bits per heavy atom. The molecule has 1 fully saturated rings. The van der Waals surface area contributed by atoms with E-state index in [2.05, 4.69) is 56.5 Å². The number of nitrogens with one attached hydrogen (secondary N) is 1. The zero-order chi connectivity index (χ0) is 26.9. The summed E-state index contributed by atoms with van der Waals surface area (Å²) in [4.78, 5) is 17.9. The quantitative estimate of drug-likeness (QED) is 0.356. The van der Waals surface area contributed by atoms with Crippen LogP contribution in [0.4, 0.5) is 10.8 Å². The zero-order valence-corrected chi connectivity index (χ0v) is 23.5. The number of hydrogen-bond acceptors (Lipinski definition) is 9. The normalized spacial score (nSPS) is 13.8. The predicted molar refractivity (Wildman–Crippen MR) is 151 cm³/mol. The highest BCUT2D eigenvalue weighted by atomic mass is 32.1. The van der Waals surface area contributed by atoms with E-state index in [1.807, 2.05) is 20.8 Å². The van der Waals surface area contributed by atoms with E-state index >= 15 is 0 Å². The van der Waals surface area contributed by atoms with Gasteiger partial charge >= 0.3 is 0 Å². The maximum Gasteiger partial charge on any atom is 0.257 e. The average Bonchev–Trinajstić information content (AvgIpc) is 3.37. The van der Waals surface area contributed by atoms with Crippen LogP contribution in [0.1, 0.15) is 41.7 Å². The van der Waals surface area contributed by atoms with Gasteiger partial charge < -0.3 is 19.1 Å². The molecule has 0 aliphatic carbocycles. The van der Waals surface area contributed by atoms with E-state index < -0.39 is 0 Å². The third-order valence-electron chi connectivity index (χ3n) is 6.27. The summed E-state index contributed by atoms with van der Waals surface area (Å²) >= 11 is 1.40. The molecule has 10 heteroatoms. The molecule has 1 saturated heterocycles. The van der Waals surface area contributed by atoms with Crippen LogP contribution in [0.5, 0.6) is 17.2 Å². The molecule has 0 saturated carbocycles. The molecule has 1 aromatic heterocycles. The minimum absolute atomic E-state index is 0.301. The molecule has 0 radical (unpaired) electrons. The van der Waals surface area contributed by atoms with Crippen molar-refractivity contribution >= 4 is 28.1 Å². The molecular weight excluding hydrogens is 502 g/mol. The van der Waals surface area contributed by atoms with E-state index in [0.29, 0.717) is 47.8 Å². The van der Waals surface area contributed by atoms with Crippen molar-refractivity contribution in [3.05, 3.63) is 52.5 Å². The number of rotatable bonds is 12. The highest BCUT2D eigenvalue weighted by Crippen LogP contribution is 2.39. The van der Waals surface area contributed by atoms with Crippen molar-refractivity contribution in [3.8, 4) is 17.2 Å². The number of piperazine rings is 1. The Morgan fingerprint density at radius 3 is 2.16 bits per heavy atom. The summed E-state index contributed by atoms with van der Waals surface area (Å²) in [6, 6.07) is 12.1. The average molecular weight is 540 g/mol. The number of hydrogen-bond donors (Lipinski definition) is 1. The van der Waals surface area contributed by atoms with Gasteiger partial charge in [0.05, 0.1) is 19.8 Å². The summed E-state index contributed by atoms with van der Waals surface area (Å²) in [5, 5.41) is 12.7. The standard InChI is InChI=1S/C28H37N5O4S/c1-5-35-23-18-21(19-24(36-6-2)26(23)37-7-3)27(34)29-28-31-30-25(38-28)12-13-32-14-16-33(17-15-32)22-10-8-20(4)9-11-22/h8-11,18-19H,5-7,12-17H2,1-4H3,(H,29,31,34). The first kappa shape index (κ1) is 27.7. The fourth-order valence-corrected chi connectivity index (χ4v) is 5.06. The van der Waals surface area contributed by atoms with E-state index in [0.717, 1.165) is 44.2 Å². The molecule has 3 aromatic rings. The highest BCUT2D eigenvalue weighted by molar-refractivity contribution is 7.15. The molecule has 2 aromatic carbocycles. The number of benzene rings is 2. The molecular formula is C28H37N5O4S. The molecule has 1 aliphatic rings. The minimum atomic E-state index is -0.301. The lowest BCUT2D eigenvalue weighted by atomic mass is 10.1. The summed E-state index contributed by atoms with van der Waals surface area (Å²) in [5.74, 6) is 1.16. The Kier molecular flexibility index (Phi) is 9.78. The number of aryl methyl sites for hydroxylation is 1. The van der Waals surface area contributed by atoms with Gasteiger partial charge in [0.15, 0.2) is 11.5 Å². The van der Waals surface area contributed by atoms with Crippen LogP contribution in [0.15, 0.2) is 36.4 Å². The number of amides is 1. The van der Waals surface area contributed by atoms with Gasteiger partial charge in [0.1, 0.15) is 5.01 Å². The molecule has 2 heterocycles. The smallest absolute Gasteiger partial charge is 0.257 e. The van der Waals surface area contributed by atoms with E-state index in [4.69, 9.17) is 14.2 Å². The van der Waals surface area contributed by atoms with Crippen molar-refractivity contribution in [3.63, 3.8) is 0 Å². The van der Waals surface area contributed by atoms with Crippen molar-refractivity contribution < 1.29 is 19.0 Å². The maximum atomic E-state index is 13.0. The van der Waals surface area contributed by atoms with Crippen molar-refractivity contribution in [1.82, 2.24) is 15.1 Å². The van der Waals surface area contributed by atoms with Gasteiger partial charge in [-0.1, -0.05) is 29.0 Å². The van der Waals surface area contributed by atoms with Crippen molar-refractivity contribution in [1.29, 1.82) is 0 Å². The van der Waals surface area contributed by atoms with Gasteiger partial charge in [-0.05, 0) is 52.0 Å². The van der Waals surface area contributed by atoms with E-state index in [1.54, 1.807) is 12.1 Å². The Hall–Kier alpha value is -3.37. The van der Waals surface area contributed by atoms with Crippen molar-refractivity contribution in [2.24, 2.45) is 0 Å². The second-order valence-corrected chi connectivity index (χ2v) is 10.0. The summed E-state index contributed by atoms with van der Waals surface area (Å²) in [6.45, 7) is 14.1. The lowest BCUT2D eigenvalue weighted by Gasteiger charge is -2.36. The number of anilines is 2. The van der Waals surface area contributed by atoms with Gasteiger partial charge in [0, 0.05) is 50.4 Å². The first-order chi connectivity index (χ1) is 18.5. The summed E-state index contributed by atoms with van der Waals surface area (Å²) < 4.78 is 17.2. The predicted octanol–water partition coefficient (Wildman–Crippen LogP) is 4.66. The van der Waals surface area contributed by atoms with E-state index in [9.17, 15) is 4.79 Å². The molecule has 38 heavy (non-hydrogen) atoms. The van der Waals surface area contributed by atoms with E-state index in [-0.39, 0.29) is 5.91 Å². The fraction of sp³-hybridized carbons (Fsp3) is 0.464. The van der Waals surface area contributed by atoms with Gasteiger partial charge in [0.25, 0.3) is 5.91 Å². The monoisotopic (exact) mass is 539 g/mol. The molecule has 1 amide bonds. The van der Waals surface area contributed by atoms with Crippen molar-refractivity contribution in [2.75, 3.05) is 62.8 Å². The minimum Gasteiger partial charge on any atom is -0.490 e. The number of ether oxygens (including phenoxy) is 3. The molecule has 0 unspecified atom stereocenters. The largest absolute Gasteiger partial charge is 0.490 e. The zero-order valence-electron chi connectivity index (χ0n) is 22.7. The van der Waals surface area contributed by atoms with Crippen LogP contribution in [0.3, 0.4) is 0 Å². The van der Waals surface area contributed by atoms with Gasteiger partial charge in [-0.2, -0.15) is 0 Å². The first-order valence-electron chi connectivity index (χ1n) is 13.2. The summed E-state index contributed by atoms with van der Waals surface area (Å²) in [6.07, 6.45) is 0.796. The number of nitrogens with zero attached hydrogens (tertiary/aromatic N) is 4. The molecule has 1 aliphatic heterocycles. The van der Waals surface area contributed by atoms with Crippen LogP contribution < -0.4 is 24.4 Å². The molecule has 0 atom stereocenters. The van der Waals surface area contributed by atoms with Crippen LogP contribution in [0, 0.1) is 6.92 Å². The lowest BCUT2D eigenvalue weighted by Crippen LogP contribution is -2.47. The fourth-order valence-electron chi connectivity index (χ4n) is 4.33. The van der Waals surface area contributed by atoms with Crippen LogP contribution in [-0.2, 0) is 6.42 Å². The van der Waals surface area contributed by atoms with Crippen LogP contribution in [0.25, 0.3) is 0 Å². The number of carbonyl (C=O) groups excluding carboxylic acids is 1. The Balaban J connectivity index is 1.32. The second kappa shape index (κ2) is 13.4. The number of aromatic nitrogens is 2. The summed E-state index contributed by atoms with van der Waals surface area (Å²) in [5.41, 5.74) is 2.97. The Labute approximate surface area is 228 Å². The lowest BCUT2D eigenvalue weighted by molar-refractivity contribution is 0.102. The number of carbonyl (C=O) groups is 1. The third-order valence-corrected chi connectivity index (χ3v) is 7.17. The Bertz CT molecular complexity index is 1170. The molecule has 1 N–H and O–H groups in total. The highest BCUT2D eigenvalue weighted by Gasteiger charge is 2.20. The molecule has 0 bridgehead atoms. The van der Waals surface area contributed by atoms with Crippen LogP contribution >= 0.6 is 11.3 Å². The van der Waals surface area contributed by atoms with Crippen molar-refractivity contribution in [2.45, 2.75) is 34.1 Å².